The molecule has 28 heavy (non-hydrogen) atoms. The highest BCUT2D eigenvalue weighted by atomic mass is 32.2. The SMILES string of the molecule is Cc1ccc(NS(=O)(=O)c2ccc(C(=O)OCc3nccc[n+]3[O-])cc2)cc1. The van der Waals surface area contributed by atoms with E-state index in [1.54, 1.807) is 24.3 Å². The smallest absolute Gasteiger partial charge is 0.339 e. The molecule has 0 amide bonds. The molecule has 0 aliphatic heterocycles. The normalized spacial score (nSPS) is 11.0. The molecule has 3 aromatic rings. The Balaban J connectivity index is 1.67. The third kappa shape index (κ3) is 4.63. The predicted octanol–water partition coefficient (Wildman–Crippen LogP) is 2.18. The molecule has 0 radical (unpaired) electrons. The first-order valence-corrected chi connectivity index (χ1v) is 9.73. The Morgan fingerprint density at radius 1 is 1.14 bits per heavy atom. The van der Waals surface area contributed by atoms with E-state index >= 15 is 0 Å². The standard InChI is InChI=1S/C19H17N3O5S/c1-14-3-7-16(8-4-14)21-28(25,26)17-9-5-15(6-10-17)19(23)27-13-18-20-11-2-12-22(18)24/h2-12,21H,13H2,1H3. The van der Waals surface area contributed by atoms with Crippen LogP contribution in [0.2, 0.25) is 0 Å². The minimum absolute atomic E-state index is 0.00625. The first-order valence-electron chi connectivity index (χ1n) is 8.25. The zero-order valence-electron chi connectivity index (χ0n) is 14.9. The van der Waals surface area contributed by atoms with Gasteiger partial charge in [0.1, 0.15) is 6.20 Å². The number of carbonyl (C=O) groups is 1. The van der Waals surface area contributed by atoms with Gasteiger partial charge in [-0.1, -0.05) is 17.7 Å². The average Bonchev–Trinajstić information content (AvgIpc) is 2.69. The van der Waals surface area contributed by atoms with Gasteiger partial charge < -0.3 is 9.94 Å². The number of nitrogens with zero attached hydrogens (tertiary/aromatic N) is 2. The molecule has 0 bridgehead atoms. The van der Waals surface area contributed by atoms with Crippen molar-refractivity contribution < 1.29 is 22.7 Å². The quantitative estimate of drug-likeness (QED) is 0.386. The summed E-state index contributed by atoms with van der Waals surface area (Å²) in [6, 6.07) is 13.7. The Kier molecular flexibility index (Phi) is 5.55. The number of aromatic nitrogens is 2. The second kappa shape index (κ2) is 8.05. The molecule has 1 N–H and O–H groups in total. The number of rotatable bonds is 6. The number of hydrogen-bond donors (Lipinski definition) is 1. The van der Waals surface area contributed by atoms with Crippen LogP contribution in [0.25, 0.3) is 0 Å². The number of anilines is 1. The number of ether oxygens (including phenoxy) is 1. The van der Waals surface area contributed by atoms with Crippen molar-refractivity contribution in [3.8, 4) is 0 Å². The number of benzene rings is 2. The number of nitrogens with one attached hydrogen (secondary N) is 1. The summed E-state index contributed by atoms with van der Waals surface area (Å²) in [7, 11) is -3.79. The minimum atomic E-state index is -3.79. The largest absolute Gasteiger partial charge is 0.711 e. The molecule has 0 unspecified atom stereocenters. The molecular weight excluding hydrogens is 382 g/mol. The molecule has 0 aliphatic rings. The van der Waals surface area contributed by atoms with Crippen LogP contribution in [0, 0.1) is 12.1 Å². The average molecular weight is 399 g/mol. The van der Waals surface area contributed by atoms with E-state index in [2.05, 4.69) is 9.71 Å². The summed E-state index contributed by atoms with van der Waals surface area (Å²) >= 11 is 0. The molecule has 8 nitrogen and oxygen atoms in total. The fraction of sp³-hybridized carbons (Fsp3) is 0.105. The van der Waals surface area contributed by atoms with Gasteiger partial charge in [0.2, 0.25) is 0 Å². The summed E-state index contributed by atoms with van der Waals surface area (Å²) in [5.41, 5.74) is 1.61. The van der Waals surface area contributed by atoms with Crippen molar-refractivity contribution in [2.75, 3.05) is 4.72 Å². The van der Waals surface area contributed by atoms with E-state index < -0.39 is 16.0 Å². The lowest BCUT2D eigenvalue weighted by Gasteiger charge is -2.09. The maximum atomic E-state index is 12.4. The molecule has 0 saturated carbocycles. The van der Waals surface area contributed by atoms with Crippen molar-refractivity contribution in [3.63, 3.8) is 0 Å². The van der Waals surface area contributed by atoms with Gasteiger partial charge in [0.15, 0.2) is 6.61 Å². The molecular formula is C19H17N3O5S. The monoisotopic (exact) mass is 399 g/mol. The topological polar surface area (TPSA) is 112 Å². The summed E-state index contributed by atoms with van der Waals surface area (Å²) in [5.74, 6) is -0.654. The molecule has 0 aliphatic carbocycles. The molecule has 144 valence electrons. The van der Waals surface area contributed by atoms with Crippen molar-refractivity contribution in [3.05, 3.63) is 89.1 Å². The minimum Gasteiger partial charge on any atom is -0.711 e. The molecule has 0 spiro atoms. The van der Waals surface area contributed by atoms with Crippen molar-refractivity contribution in [2.24, 2.45) is 0 Å². The van der Waals surface area contributed by atoms with Crippen LogP contribution in [0.4, 0.5) is 5.69 Å². The van der Waals surface area contributed by atoms with Crippen LogP contribution in [0.5, 0.6) is 0 Å². The maximum Gasteiger partial charge on any atom is 0.339 e. The highest BCUT2D eigenvalue weighted by Gasteiger charge is 2.17. The van der Waals surface area contributed by atoms with Gasteiger partial charge in [-0.2, -0.15) is 0 Å². The summed E-state index contributed by atoms with van der Waals surface area (Å²) < 4.78 is 32.9. The summed E-state index contributed by atoms with van der Waals surface area (Å²) in [4.78, 5) is 15.9. The van der Waals surface area contributed by atoms with E-state index in [-0.39, 0.29) is 22.9 Å². The van der Waals surface area contributed by atoms with Gasteiger partial charge in [0.05, 0.1) is 16.7 Å². The van der Waals surface area contributed by atoms with E-state index in [9.17, 15) is 18.4 Å². The van der Waals surface area contributed by atoms with Crippen LogP contribution in [0.3, 0.4) is 0 Å². The molecule has 2 aromatic carbocycles. The molecule has 1 aromatic heterocycles. The predicted molar refractivity (Wildman–Crippen MR) is 101 cm³/mol. The molecule has 3 rings (SSSR count). The maximum absolute atomic E-state index is 12.4. The van der Waals surface area contributed by atoms with Crippen molar-refractivity contribution in [2.45, 2.75) is 18.4 Å². The molecule has 9 heteroatoms. The van der Waals surface area contributed by atoms with Crippen molar-refractivity contribution in [1.29, 1.82) is 0 Å². The van der Waals surface area contributed by atoms with Crippen LogP contribution in [-0.2, 0) is 21.4 Å². The first-order chi connectivity index (χ1) is 13.3. The zero-order chi connectivity index (χ0) is 20.1. The number of hydrogen-bond acceptors (Lipinski definition) is 6. The van der Waals surface area contributed by atoms with Crippen LogP contribution < -0.4 is 9.45 Å². The Hall–Kier alpha value is -3.46. The van der Waals surface area contributed by atoms with E-state index in [0.717, 1.165) is 5.56 Å². The molecule has 0 fully saturated rings. The number of esters is 1. The lowest BCUT2D eigenvalue weighted by atomic mass is 10.2. The van der Waals surface area contributed by atoms with Crippen molar-refractivity contribution >= 4 is 21.7 Å². The molecule has 0 saturated heterocycles. The van der Waals surface area contributed by atoms with Crippen LogP contribution in [0.1, 0.15) is 21.7 Å². The number of sulfonamides is 1. The summed E-state index contributed by atoms with van der Waals surface area (Å²) in [5, 5.41) is 11.5. The Morgan fingerprint density at radius 3 is 2.46 bits per heavy atom. The second-order valence-electron chi connectivity index (χ2n) is 5.93. The van der Waals surface area contributed by atoms with Gasteiger partial charge in [0.25, 0.3) is 10.0 Å². The van der Waals surface area contributed by atoms with Gasteiger partial charge in [-0.25, -0.2) is 17.9 Å². The lowest BCUT2D eigenvalue weighted by Crippen LogP contribution is -2.33. The summed E-state index contributed by atoms with van der Waals surface area (Å²) in [6.07, 6.45) is 2.66. The second-order valence-corrected chi connectivity index (χ2v) is 7.62. The highest BCUT2D eigenvalue weighted by molar-refractivity contribution is 7.92. The van der Waals surface area contributed by atoms with E-state index in [0.29, 0.717) is 10.4 Å². The van der Waals surface area contributed by atoms with Crippen molar-refractivity contribution in [1.82, 2.24) is 4.98 Å². The van der Waals surface area contributed by atoms with Crippen LogP contribution in [-0.4, -0.2) is 19.4 Å². The van der Waals surface area contributed by atoms with E-state index in [1.165, 1.54) is 42.7 Å². The van der Waals surface area contributed by atoms with E-state index in [1.807, 2.05) is 6.92 Å². The Labute approximate surface area is 162 Å². The van der Waals surface area contributed by atoms with Gasteiger partial charge >= 0.3 is 11.8 Å². The number of aryl methyl sites for hydroxylation is 1. The Morgan fingerprint density at radius 2 is 1.82 bits per heavy atom. The van der Waals surface area contributed by atoms with Gasteiger partial charge in [-0.15, -0.1) is 0 Å². The van der Waals surface area contributed by atoms with Gasteiger partial charge in [0, 0.05) is 11.8 Å². The fourth-order valence-corrected chi connectivity index (χ4v) is 3.37. The molecule has 1 heterocycles. The first kappa shape index (κ1) is 19.3. The van der Waals surface area contributed by atoms with Gasteiger partial charge in [-0.3, -0.25) is 4.72 Å². The highest BCUT2D eigenvalue weighted by Crippen LogP contribution is 2.17. The third-order valence-electron chi connectivity index (χ3n) is 3.82. The fourth-order valence-electron chi connectivity index (χ4n) is 2.31. The van der Waals surface area contributed by atoms with Gasteiger partial charge in [-0.05, 0) is 48.3 Å². The Bertz CT molecular complexity index is 1080. The lowest BCUT2D eigenvalue weighted by molar-refractivity contribution is -0.620. The summed E-state index contributed by atoms with van der Waals surface area (Å²) in [6.45, 7) is 1.61. The van der Waals surface area contributed by atoms with Crippen LogP contribution >= 0.6 is 0 Å². The van der Waals surface area contributed by atoms with E-state index in [4.69, 9.17) is 4.74 Å². The number of carbonyl (C=O) groups excluding carboxylic acids is 1. The third-order valence-corrected chi connectivity index (χ3v) is 5.22. The zero-order valence-corrected chi connectivity index (χ0v) is 15.7. The van der Waals surface area contributed by atoms with Crippen LogP contribution in [0.15, 0.2) is 71.9 Å². The molecule has 0 atom stereocenters.